The van der Waals surface area contributed by atoms with Gasteiger partial charge in [0.05, 0.1) is 13.2 Å². The molecular weight excluding hydrogens is 158 g/mol. The lowest BCUT2D eigenvalue weighted by Gasteiger charge is -2.10. The van der Waals surface area contributed by atoms with Gasteiger partial charge in [0.15, 0.2) is 0 Å². The summed E-state index contributed by atoms with van der Waals surface area (Å²) < 4.78 is 0. The molecule has 1 N–H and O–H groups in total. The molecule has 1 unspecified atom stereocenters. The number of hydrogen-bond donors (Lipinski definition) is 1. The van der Waals surface area contributed by atoms with Crippen molar-refractivity contribution in [3.8, 4) is 0 Å². The lowest BCUT2D eigenvalue weighted by Crippen LogP contribution is -2.22. The molecule has 2 rings (SSSR count). The number of aryl methyl sites for hydroxylation is 1. The van der Waals surface area contributed by atoms with E-state index < -0.39 is 0 Å². The molecule has 1 aliphatic rings. The summed E-state index contributed by atoms with van der Waals surface area (Å²) in [6.07, 6.45) is 0.548. The molecule has 6 heteroatoms. The summed E-state index contributed by atoms with van der Waals surface area (Å²) in [6.45, 7) is 1.43. The Labute approximate surface area is 69.8 Å². The van der Waals surface area contributed by atoms with Crippen molar-refractivity contribution < 1.29 is 5.11 Å². The summed E-state index contributed by atoms with van der Waals surface area (Å²) in [5.41, 5.74) is 0. The van der Waals surface area contributed by atoms with E-state index in [0.29, 0.717) is 12.5 Å². The Balaban J connectivity index is 2.11. The van der Waals surface area contributed by atoms with Crippen LogP contribution in [0, 0.1) is 0 Å². The first-order valence-corrected chi connectivity index (χ1v) is 3.93. The largest absolute Gasteiger partial charge is 0.391 e. The van der Waals surface area contributed by atoms with E-state index in [9.17, 15) is 5.11 Å². The third-order valence-electron chi connectivity index (χ3n) is 1.94. The molecule has 6 nitrogen and oxygen atoms in total. The highest BCUT2D eigenvalue weighted by Crippen LogP contribution is 2.13. The standard InChI is InChI=1S/C6H11N5O/c1-10-8-6(7-9-10)11-3-2-5(12)4-11/h5,12H,2-4H2,1H3. The van der Waals surface area contributed by atoms with E-state index in [-0.39, 0.29) is 6.10 Å². The van der Waals surface area contributed by atoms with Crippen LogP contribution in [0.2, 0.25) is 0 Å². The average molecular weight is 169 g/mol. The number of aromatic nitrogens is 4. The van der Waals surface area contributed by atoms with E-state index in [1.807, 2.05) is 4.90 Å². The smallest absolute Gasteiger partial charge is 0.266 e. The number of aliphatic hydroxyl groups excluding tert-OH is 1. The molecule has 1 atom stereocenters. The number of rotatable bonds is 1. The van der Waals surface area contributed by atoms with Crippen LogP contribution >= 0.6 is 0 Å². The third-order valence-corrected chi connectivity index (χ3v) is 1.94. The zero-order chi connectivity index (χ0) is 8.55. The number of hydrogen-bond acceptors (Lipinski definition) is 5. The summed E-state index contributed by atoms with van der Waals surface area (Å²) in [5.74, 6) is 0.606. The molecule has 0 aliphatic carbocycles. The van der Waals surface area contributed by atoms with Crippen molar-refractivity contribution in [1.82, 2.24) is 20.2 Å². The predicted octanol–water partition coefficient (Wildman–Crippen LogP) is -1.22. The Morgan fingerprint density at radius 2 is 2.42 bits per heavy atom. The Hall–Kier alpha value is -1.17. The first kappa shape index (κ1) is 7.48. The molecule has 0 radical (unpaired) electrons. The normalized spacial score (nSPS) is 23.5. The second-order valence-electron chi connectivity index (χ2n) is 2.97. The van der Waals surface area contributed by atoms with Gasteiger partial charge in [-0.15, -0.1) is 5.10 Å². The van der Waals surface area contributed by atoms with Crippen molar-refractivity contribution >= 4 is 5.95 Å². The van der Waals surface area contributed by atoms with E-state index in [1.165, 1.54) is 4.80 Å². The van der Waals surface area contributed by atoms with Gasteiger partial charge in [-0.3, -0.25) is 0 Å². The number of anilines is 1. The molecule has 2 heterocycles. The fourth-order valence-electron chi connectivity index (χ4n) is 1.32. The highest BCUT2D eigenvalue weighted by molar-refractivity contribution is 5.28. The van der Waals surface area contributed by atoms with Crippen LogP contribution in [-0.4, -0.2) is 44.5 Å². The topological polar surface area (TPSA) is 67.1 Å². The highest BCUT2D eigenvalue weighted by atomic mass is 16.3. The highest BCUT2D eigenvalue weighted by Gasteiger charge is 2.23. The van der Waals surface area contributed by atoms with Crippen LogP contribution in [0.25, 0.3) is 0 Å². The quantitative estimate of drug-likeness (QED) is 0.571. The molecule has 1 aromatic rings. The van der Waals surface area contributed by atoms with Crippen LogP contribution in [0.3, 0.4) is 0 Å². The summed E-state index contributed by atoms with van der Waals surface area (Å²) >= 11 is 0. The van der Waals surface area contributed by atoms with Crippen LogP contribution in [0.4, 0.5) is 5.95 Å². The van der Waals surface area contributed by atoms with Gasteiger partial charge in [0.25, 0.3) is 5.95 Å². The Morgan fingerprint density at radius 3 is 2.92 bits per heavy atom. The SMILES string of the molecule is Cn1nnc(N2CCC(O)C2)n1. The maximum absolute atomic E-state index is 9.24. The molecule has 0 bridgehead atoms. The van der Waals surface area contributed by atoms with Gasteiger partial charge in [-0.2, -0.15) is 4.80 Å². The van der Waals surface area contributed by atoms with Gasteiger partial charge >= 0.3 is 0 Å². The van der Waals surface area contributed by atoms with Crippen molar-refractivity contribution in [2.45, 2.75) is 12.5 Å². The first-order chi connectivity index (χ1) is 5.75. The van der Waals surface area contributed by atoms with Crippen molar-refractivity contribution in [2.24, 2.45) is 7.05 Å². The second kappa shape index (κ2) is 2.71. The summed E-state index contributed by atoms with van der Waals surface area (Å²) in [5, 5.41) is 20.8. The molecule has 12 heavy (non-hydrogen) atoms. The van der Waals surface area contributed by atoms with Crippen LogP contribution in [0.5, 0.6) is 0 Å². The van der Waals surface area contributed by atoms with Gasteiger partial charge in [-0.05, 0) is 11.6 Å². The summed E-state index contributed by atoms with van der Waals surface area (Å²) in [7, 11) is 1.73. The second-order valence-corrected chi connectivity index (χ2v) is 2.97. The van der Waals surface area contributed by atoms with Crippen molar-refractivity contribution in [2.75, 3.05) is 18.0 Å². The minimum Gasteiger partial charge on any atom is -0.391 e. The van der Waals surface area contributed by atoms with Gasteiger partial charge in [-0.1, -0.05) is 5.10 Å². The Bertz CT molecular complexity index is 273. The molecule has 66 valence electrons. The van der Waals surface area contributed by atoms with Crippen LogP contribution in [0.15, 0.2) is 0 Å². The Kier molecular flexibility index (Phi) is 1.69. The molecule has 1 fully saturated rings. The minimum absolute atomic E-state index is 0.242. The maximum atomic E-state index is 9.24. The number of tetrazole rings is 1. The average Bonchev–Trinajstić information content (AvgIpc) is 2.58. The fourth-order valence-corrected chi connectivity index (χ4v) is 1.32. The van der Waals surface area contributed by atoms with Gasteiger partial charge in [-0.25, -0.2) is 0 Å². The monoisotopic (exact) mass is 169 g/mol. The van der Waals surface area contributed by atoms with Gasteiger partial charge < -0.3 is 10.0 Å². The lowest BCUT2D eigenvalue weighted by molar-refractivity contribution is 0.198. The minimum atomic E-state index is -0.242. The summed E-state index contributed by atoms with van der Waals surface area (Å²) in [6, 6.07) is 0. The lowest BCUT2D eigenvalue weighted by atomic mass is 10.3. The van der Waals surface area contributed by atoms with Gasteiger partial charge in [0.2, 0.25) is 0 Å². The van der Waals surface area contributed by atoms with Crippen molar-refractivity contribution in [1.29, 1.82) is 0 Å². The molecule has 1 aromatic heterocycles. The van der Waals surface area contributed by atoms with E-state index in [1.54, 1.807) is 7.05 Å². The zero-order valence-corrected chi connectivity index (χ0v) is 6.88. The van der Waals surface area contributed by atoms with E-state index in [0.717, 1.165) is 13.0 Å². The zero-order valence-electron chi connectivity index (χ0n) is 6.88. The molecule has 1 saturated heterocycles. The number of aliphatic hydroxyl groups is 1. The molecular formula is C6H11N5O. The molecule has 1 aliphatic heterocycles. The summed E-state index contributed by atoms with van der Waals surface area (Å²) in [4.78, 5) is 3.34. The first-order valence-electron chi connectivity index (χ1n) is 3.93. The van der Waals surface area contributed by atoms with E-state index >= 15 is 0 Å². The third kappa shape index (κ3) is 1.25. The molecule has 0 amide bonds. The molecule has 0 saturated carbocycles. The van der Waals surface area contributed by atoms with E-state index in [2.05, 4.69) is 15.4 Å². The fraction of sp³-hybridized carbons (Fsp3) is 0.833. The number of β-amino-alcohol motifs (C(OH)–C–C–N with tert-alkyl or cyclic N) is 1. The van der Waals surface area contributed by atoms with Gasteiger partial charge in [0, 0.05) is 13.1 Å². The van der Waals surface area contributed by atoms with E-state index in [4.69, 9.17) is 0 Å². The van der Waals surface area contributed by atoms with Crippen LogP contribution in [0.1, 0.15) is 6.42 Å². The van der Waals surface area contributed by atoms with Crippen molar-refractivity contribution in [3.05, 3.63) is 0 Å². The molecule has 0 spiro atoms. The van der Waals surface area contributed by atoms with Gasteiger partial charge in [0.1, 0.15) is 0 Å². The predicted molar refractivity (Wildman–Crippen MR) is 41.6 cm³/mol. The van der Waals surface area contributed by atoms with Crippen molar-refractivity contribution in [3.63, 3.8) is 0 Å². The number of nitrogens with zero attached hydrogens (tertiary/aromatic N) is 5. The van der Waals surface area contributed by atoms with Crippen LogP contribution < -0.4 is 4.90 Å². The Morgan fingerprint density at radius 1 is 1.58 bits per heavy atom. The van der Waals surface area contributed by atoms with Crippen LogP contribution in [-0.2, 0) is 7.05 Å². The molecule has 0 aromatic carbocycles. The maximum Gasteiger partial charge on any atom is 0.266 e.